The SMILES string of the molecule is C=C1C(=O)[C@]23C[C@H]1C[C@H](OC(C)=O)[C@H]2[C@]1(C)CC[C@H](OC(C)=O)C(C)(C)[C@H]1[C@@H](OC(C)=O)[C@@H]3OC(C)=O. The van der Waals surface area contributed by atoms with Gasteiger partial charge >= 0.3 is 23.9 Å². The fourth-order valence-electron chi connectivity index (χ4n) is 8.83. The third-order valence-electron chi connectivity index (χ3n) is 9.59. The number of carbonyl (C=O) groups is 5. The summed E-state index contributed by atoms with van der Waals surface area (Å²) >= 11 is 0. The molecule has 9 atom stereocenters. The summed E-state index contributed by atoms with van der Waals surface area (Å²) in [5.74, 6) is -3.54. The lowest BCUT2D eigenvalue weighted by molar-refractivity contribution is -0.287. The Hall–Kier alpha value is -2.71. The van der Waals surface area contributed by atoms with Crippen LogP contribution in [0, 0.1) is 34.0 Å². The third-order valence-corrected chi connectivity index (χ3v) is 9.59. The topological polar surface area (TPSA) is 122 Å². The summed E-state index contributed by atoms with van der Waals surface area (Å²) < 4.78 is 23.6. The molecule has 0 aromatic carbocycles. The van der Waals surface area contributed by atoms with Crippen molar-refractivity contribution in [3.05, 3.63) is 12.2 Å². The van der Waals surface area contributed by atoms with Crippen molar-refractivity contribution in [1.82, 2.24) is 0 Å². The van der Waals surface area contributed by atoms with E-state index in [1.54, 1.807) is 0 Å². The highest BCUT2D eigenvalue weighted by molar-refractivity contribution is 6.04. The fourth-order valence-corrected chi connectivity index (χ4v) is 8.83. The smallest absolute Gasteiger partial charge is 0.303 e. The highest BCUT2D eigenvalue weighted by Gasteiger charge is 2.78. The van der Waals surface area contributed by atoms with Crippen molar-refractivity contribution in [2.75, 3.05) is 0 Å². The molecule has 2 bridgehead atoms. The lowest BCUT2D eigenvalue weighted by Crippen LogP contribution is -2.74. The van der Waals surface area contributed by atoms with Gasteiger partial charge in [-0.15, -0.1) is 0 Å². The maximum atomic E-state index is 14.1. The standard InChI is InChI=1S/C28H38O9/c1-13-18-11-19(34-14(2)29)22-27(8)10-9-20(35-15(3)30)26(6,7)23(27)21(36-16(4)31)25(37-17(5)32)28(22,12-18)24(13)33/h18-23,25H,1,9-12H2,2-8H3/t18-,19+,20+,21-,22+,23-,25+,27+,28+/m1/s1. The van der Waals surface area contributed by atoms with Crippen molar-refractivity contribution in [1.29, 1.82) is 0 Å². The van der Waals surface area contributed by atoms with Gasteiger partial charge in [0.15, 0.2) is 11.9 Å². The van der Waals surface area contributed by atoms with Crippen LogP contribution < -0.4 is 0 Å². The number of esters is 4. The number of ether oxygens (including phenoxy) is 4. The molecular formula is C28H38O9. The monoisotopic (exact) mass is 518 g/mol. The van der Waals surface area contributed by atoms with E-state index in [0.717, 1.165) is 0 Å². The summed E-state index contributed by atoms with van der Waals surface area (Å²) in [5, 5.41) is 0. The van der Waals surface area contributed by atoms with Crippen LogP contribution in [0.25, 0.3) is 0 Å². The predicted octanol–water partition coefficient (Wildman–Crippen LogP) is 3.32. The van der Waals surface area contributed by atoms with E-state index in [1.807, 2.05) is 20.8 Å². The Morgan fingerprint density at radius 3 is 1.95 bits per heavy atom. The number of hydrogen-bond donors (Lipinski definition) is 0. The van der Waals surface area contributed by atoms with Crippen molar-refractivity contribution in [2.24, 2.45) is 34.0 Å². The lowest BCUT2D eigenvalue weighted by Gasteiger charge is -2.68. The normalized spacial score (nSPS) is 41.6. The van der Waals surface area contributed by atoms with Gasteiger partial charge in [0, 0.05) is 44.9 Å². The Kier molecular flexibility index (Phi) is 6.61. The van der Waals surface area contributed by atoms with Gasteiger partial charge in [-0.1, -0.05) is 27.4 Å². The number of ketones is 1. The van der Waals surface area contributed by atoms with Gasteiger partial charge in [0.2, 0.25) is 0 Å². The molecule has 37 heavy (non-hydrogen) atoms. The lowest BCUT2D eigenvalue weighted by atomic mass is 9.38. The van der Waals surface area contributed by atoms with Crippen LogP contribution in [0.15, 0.2) is 12.2 Å². The zero-order chi connectivity index (χ0) is 27.7. The Morgan fingerprint density at radius 1 is 0.838 bits per heavy atom. The number of fused-ring (bicyclic) bond motifs is 3. The number of allylic oxidation sites excluding steroid dienone is 1. The zero-order valence-electron chi connectivity index (χ0n) is 22.8. The molecule has 0 aromatic rings. The average Bonchev–Trinajstić information content (AvgIpc) is 2.93. The van der Waals surface area contributed by atoms with Crippen LogP contribution in [0.5, 0.6) is 0 Å². The van der Waals surface area contributed by atoms with Crippen molar-refractivity contribution in [3.8, 4) is 0 Å². The summed E-state index contributed by atoms with van der Waals surface area (Å²) in [6, 6.07) is 0. The van der Waals surface area contributed by atoms with Gasteiger partial charge in [0.25, 0.3) is 0 Å². The first kappa shape index (κ1) is 27.3. The molecule has 4 aliphatic carbocycles. The summed E-state index contributed by atoms with van der Waals surface area (Å²) in [6.45, 7) is 15.3. The Labute approximate surface area is 217 Å². The van der Waals surface area contributed by atoms with E-state index in [4.69, 9.17) is 18.9 Å². The molecule has 4 aliphatic rings. The Balaban J connectivity index is 2.00. The second-order valence-electron chi connectivity index (χ2n) is 12.2. The molecule has 0 unspecified atom stereocenters. The van der Waals surface area contributed by atoms with Gasteiger partial charge in [-0.05, 0) is 42.6 Å². The van der Waals surface area contributed by atoms with Crippen LogP contribution in [0.3, 0.4) is 0 Å². The maximum absolute atomic E-state index is 14.1. The van der Waals surface area contributed by atoms with Crippen molar-refractivity contribution < 1.29 is 42.9 Å². The van der Waals surface area contributed by atoms with Crippen LogP contribution >= 0.6 is 0 Å². The minimum absolute atomic E-state index is 0.222. The van der Waals surface area contributed by atoms with E-state index >= 15 is 0 Å². The van der Waals surface area contributed by atoms with E-state index < -0.39 is 76.4 Å². The fraction of sp³-hybridized carbons (Fsp3) is 0.750. The van der Waals surface area contributed by atoms with Crippen molar-refractivity contribution >= 4 is 29.7 Å². The average molecular weight is 519 g/mol. The van der Waals surface area contributed by atoms with Gasteiger partial charge in [0.05, 0.1) is 5.41 Å². The van der Waals surface area contributed by atoms with Gasteiger partial charge in [-0.2, -0.15) is 0 Å². The maximum Gasteiger partial charge on any atom is 0.303 e. The molecule has 4 rings (SSSR count). The van der Waals surface area contributed by atoms with Crippen LogP contribution in [0.2, 0.25) is 0 Å². The molecule has 204 valence electrons. The number of Topliss-reactive ketones (excluding diaryl/α,β-unsaturated/α-hetero) is 1. The van der Waals surface area contributed by atoms with Gasteiger partial charge in [-0.25, -0.2) is 0 Å². The third kappa shape index (κ3) is 4.00. The van der Waals surface area contributed by atoms with Gasteiger partial charge in [0.1, 0.15) is 18.3 Å². The Bertz CT molecular complexity index is 1060. The molecule has 9 heteroatoms. The molecule has 9 nitrogen and oxygen atoms in total. The molecule has 0 aliphatic heterocycles. The Morgan fingerprint density at radius 2 is 1.41 bits per heavy atom. The van der Waals surface area contributed by atoms with Crippen LogP contribution in [0.4, 0.5) is 0 Å². The second-order valence-corrected chi connectivity index (χ2v) is 12.2. The second kappa shape index (κ2) is 8.95. The quantitative estimate of drug-likeness (QED) is 0.313. The molecule has 4 fully saturated rings. The predicted molar refractivity (Wildman–Crippen MR) is 130 cm³/mol. The minimum atomic E-state index is -1.26. The summed E-state index contributed by atoms with van der Waals surface area (Å²) in [7, 11) is 0. The molecule has 1 spiro atoms. The largest absolute Gasteiger partial charge is 0.462 e. The van der Waals surface area contributed by atoms with Crippen LogP contribution in [-0.2, 0) is 42.9 Å². The molecule has 0 amide bonds. The van der Waals surface area contributed by atoms with E-state index in [-0.39, 0.29) is 11.7 Å². The van der Waals surface area contributed by atoms with Crippen molar-refractivity contribution in [3.63, 3.8) is 0 Å². The highest BCUT2D eigenvalue weighted by Crippen LogP contribution is 2.72. The molecule has 0 saturated heterocycles. The van der Waals surface area contributed by atoms with Gasteiger partial charge < -0.3 is 18.9 Å². The summed E-state index contributed by atoms with van der Waals surface area (Å²) in [4.78, 5) is 63.4. The summed E-state index contributed by atoms with van der Waals surface area (Å²) in [5.41, 5.74) is -2.27. The highest BCUT2D eigenvalue weighted by atomic mass is 16.6. The molecular weight excluding hydrogens is 480 g/mol. The number of carbonyl (C=O) groups excluding carboxylic acids is 5. The van der Waals surface area contributed by atoms with E-state index in [9.17, 15) is 24.0 Å². The van der Waals surface area contributed by atoms with E-state index in [1.165, 1.54) is 27.7 Å². The molecule has 0 heterocycles. The van der Waals surface area contributed by atoms with E-state index in [0.29, 0.717) is 31.3 Å². The number of rotatable bonds is 4. The van der Waals surface area contributed by atoms with Crippen LogP contribution in [-0.4, -0.2) is 54.1 Å². The van der Waals surface area contributed by atoms with Gasteiger partial charge in [-0.3, -0.25) is 24.0 Å². The zero-order valence-corrected chi connectivity index (χ0v) is 22.8. The first-order valence-electron chi connectivity index (χ1n) is 13.0. The number of hydrogen-bond acceptors (Lipinski definition) is 9. The molecule has 0 N–H and O–H groups in total. The molecule has 4 saturated carbocycles. The first-order chi connectivity index (χ1) is 17.1. The van der Waals surface area contributed by atoms with Crippen LogP contribution in [0.1, 0.15) is 74.1 Å². The molecule has 0 radical (unpaired) electrons. The first-order valence-corrected chi connectivity index (χ1v) is 13.0. The van der Waals surface area contributed by atoms with E-state index in [2.05, 4.69) is 6.58 Å². The van der Waals surface area contributed by atoms with Crippen molar-refractivity contribution in [2.45, 2.75) is 98.6 Å². The minimum Gasteiger partial charge on any atom is -0.462 e. The molecule has 0 aromatic heterocycles. The summed E-state index contributed by atoms with van der Waals surface area (Å²) in [6.07, 6.45) is -1.35.